The Hall–Kier alpha value is -1.11. The fourth-order valence-electron chi connectivity index (χ4n) is 2.30. The predicted molar refractivity (Wildman–Crippen MR) is 78.0 cm³/mol. The van der Waals surface area contributed by atoms with E-state index in [1.54, 1.807) is 25.2 Å². The third kappa shape index (κ3) is 2.97. The standard InChI is InChI=1S/C14H22N2O3S/c1-10-6-12(10)9-16(2)20(17,18)14-7-11(8-15)4-5-13(14)19-3/h4-5,7,10,12H,6,8-9,15H2,1-3H3. The first-order valence-electron chi connectivity index (χ1n) is 6.73. The molecule has 2 unspecified atom stereocenters. The molecule has 1 aromatic rings. The highest BCUT2D eigenvalue weighted by Crippen LogP contribution is 2.39. The lowest BCUT2D eigenvalue weighted by Crippen LogP contribution is -2.29. The van der Waals surface area contributed by atoms with Crippen molar-refractivity contribution >= 4 is 10.0 Å². The number of sulfonamides is 1. The number of nitrogens with zero attached hydrogens (tertiary/aromatic N) is 1. The molecule has 0 heterocycles. The highest BCUT2D eigenvalue weighted by atomic mass is 32.2. The van der Waals surface area contributed by atoms with Crippen molar-refractivity contribution in [3.63, 3.8) is 0 Å². The van der Waals surface area contributed by atoms with Crippen LogP contribution < -0.4 is 10.5 Å². The molecule has 2 atom stereocenters. The lowest BCUT2D eigenvalue weighted by molar-refractivity contribution is 0.395. The van der Waals surface area contributed by atoms with Crippen LogP contribution in [0.5, 0.6) is 5.75 Å². The second-order valence-corrected chi connectivity index (χ2v) is 7.46. The van der Waals surface area contributed by atoms with E-state index in [0.29, 0.717) is 30.7 Å². The van der Waals surface area contributed by atoms with Crippen molar-refractivity contribution in [1.29, 1.82) is 0 Å². The van der Waals surface area contributed by atoms with Crippen LogP contribution in [0.15, 0.2) is 23.1 Å². The Balaban J connectivity index is 2.31. The molecule has 1 saturated carbocycles. The fourth-order valence-corrected chi connectivity index (χ4v) is 3.73. The van der Waals surface area contributed by atoms with Gasteiger partial charge in [0.2, 0.25) is 10.0 Å². The van der Waals surface area contributed by atoms with Crippen LogP contribution in [-0.4, -0.2) is 33.4 Å². The van der Waals surface area contributed by atoms with Crippen molar-refractivity contribution in [3.8, 4) is 5.75 Å². The molecule has 1 aliphatic carbocycles. The Labute approximate surface area is 120 Å². The van der Waals surface area contributed by atoms with E-state index in [1.165, 1.54) is 11.4 Å². The summed E-state index contributed by atoms with van der Waals surface area (Å²) < 4.78 is 31.9. The van der Waals surface area contributed by atoms with E-state index >= 15 is 0 Å². The largest absolute Gasteiger partial charge is 0.495 e. The normalized spacial score (nSPS) is 22.1. The van der Waals surface area contributed by atoms with Crippen molar-refractivity contribution in [2.24, 2.45) is 17.6 Å². The van der Waals surface area contributed by atoms with E-state index in [-0.39, 0.29) is 4.90 Å². The van der Waals surface area contributed by atoms with Gasteiger partial charge in [0.25, 0.3) is 0 Å². The molecule has 1 fully saturated rings. The molecule has 0 amide bonds. The molecule has 20 heavy (non-hydrogen) atoms. The molecule has 0 aromatic heterocycles. The monoisotopic (exact) mass is 298 g/mol. The van der Waals surface area contributed by atoms with Gasteiger partial charge in [0.1, 0.15) is 10.6 Å². The Bertz CT molecular complexity index is 586. The number of rotatable bonds is 6. The number of hydrogen-bond donors (Lipinski definition) is 1. The second-order valence-electron chi connectivity index (χ2n) is 5.45. The molecular formula is C14H22N2O3S. The molecule has 1 aliphatic rings. The fraction of sp³-hybridized carbons (Fsp3) is 0.571. The summed E-state index contributed by atoms with van der Waals surface area (Å²) in [5, 5.41) is 0. The van der Waals surface area contributed by atoms with Crippen molar-refractivity contribution < 1.29 is 13.2 Å². The Morgan fingerprint density at radius 3 is 2.60 bits per heavy atom. The Kier molecular flexibility index (Phi) is 4.36. The van der Waals surface area contributed by atoms with Crippen LogP contribution in [-0.2, 0) is 16.6 Å². The summed E-state index contributed by atoms with van der Waals surface area (Å²) in [7, 11) is -0.448. The van der Waals surface area contributed by atoms with Crippen LogP contribution in [0.3, 0.4) is 0 Å². The maximum atomic E-state index is 12.7. The predicted octanol–water partition coefficient (Wildman–Crippen LogP) is 1.43. The summed E-state index contributed by atoms with van der Waals surface area (Å²) in [5.41, 5.74) is 6.36. The van der Waals surface area contributed by atoms with Crippen LogP contribution in [0.1, 0.15) is 18.9 Å². The zero-order valence-corrected chi connectivity index (χ0v) is 13.0. The summed E-state index contributed by atoms with van der Waals surface area (Å²) in [6.07, 6.45) is 1.10. The molecule has 5 nitrogen and oxygen atoms in total. The smallest absolute Gasteiger partial charge is 0.246 e. The van der Waals surface area contributed by atoms with Crippen LogP contribution in [0.2, 0.25) is 0 Å². The summed E-state index contributed by atoms with van der Waals surface area (Å²) in [5.74, 6) is 1.45. The van der Waals surface area contributed by atoms with Crippen molar-refractivity contribution in [2.75, 3.05) is 20.7 Å². The zero-order chi connectivity index (χ0) is 14.9. The van der Waals surface area contributed by atoms with Gasteiger partial charge in [-0.15, -0.1) is 0 Å². The first kappa shape index (κ1) is 15.3. The molecule has 2 N–H and O–H groups in total. The van der Waals surface area contributed by atoms with Crippen LogP contribution >= 0.6 is 0 Å². The average Bonchev–Trinajstić information content (AvgIpc) is 3.13. The van der Waals surface area contributed by atoms with E-state index in [1.807, 2.05) is 0 Å². The van der Waals surface area contributed by atoms with Gasteiger partial charge in [0.15, 0.2) is 0 Å². The molecule has 0 radical (unpaired) electrons. The van der Waals surface area contributed by atoms with Crippen LogP contribution in [0.4, 0.5) is 0 Å². The van der Waals surface area contributed by atoms with Gasteiger partial charge in [0.05, 0.1) is 7.11 Å². The minimum atomic E-state index is -3.54. The first-order chi connectivity index (χ1) is 9.40. The highest BCUT2D eigenvalue weighted by molar-refractivity contribution is 7.89. The Morgan fingerprint density at radius 2 is 2.10 bits per heavy atom. The summed E-state index contributed by atoms with van der Waals surface area (Å²) in [6.45, 7) is 3.00. The van der Waals surface area contributed by atoms with Gasteiger partial charge in [-0.2, -0.15) is 0 Å². The van der Waals surface area contributed by atoms with E-state index < -0.39 is 10.0 Å². The van der Waals surface area contributed by atoms with Gasteiger partial charge in [-0.25, -0.2) is 12.7 Å². The molecule has 0 saturated heterocycles. The minimum Gasteiger partial charge on any atom is -0.495 e. The van der Waals surface area contributed by atoms with E-state index in [2.05, 4.69) is 6.92 Å². The third-order valence-corrected chi connectivity index (χ3v) is 5.76. The molecule has 0 bridgehead atoms. The van der Waals surface area contributed by atoms with Gasteiger partial charge >= 0.3 is 0 Å². The lowest BCUT2D eigenvalue weighted by Gasteiger charge is -2.19. The molecular weight excluding hydrogens is 276 g/mol. The highest BCUT2D eigenvalue weighted by Gasteiger charge is 2.36. The van der Waals surface area contributed by atoms with Crippen LogP contribution in [0.25, 0.3) is 0 Å². The van der Waals surface area contributed by atoms with Crippen molar-refractivity contribution in [1.82, 2.24) is 4.31 Å². The summed E-state index contributed by atoms with van der Waals surface area (Å²) in [6, 6.07) is 5.03. The SMILES string of the molecule is COc1ccc(CN)cc1S(=O)(=O)N(C)CC1CC1C. The molecule has 1 aromatic carbocycles. The summed E-state index contributed by atoms with van der Waals surface area (Å²) >= 11 is 0. The van der Waals surface area contributed by atoms with Gasteiger partial charge < -0.3 is 10.5 Å². The Morgan fingerprint density at radius 1 is 1.45 bits per heavy atom. The molecule has 0 aliphatic heterocycles. The zero-order valence-electron chi connectivity index (χ0n) is 12.2. The van der Waals surface area contributed by atoms with Crippen LogP contribution in [0, 0.1) is 11.8 Å². The topological polar surface area (TPSA) is 72.6 Å². The number of ether oxygens (including phenoxy) is 1. The quantitative estimate of drug-likeness (QED) is 0.862. The van der Waals surface area contributed by atoms with Gasteiger partial charge in [-0.1, -0.05) is 13.0 Å². The van der Waals surface area contributed by atoms with E-state index in [9.17, 15) is 8.42 Å². The van der Waals surface area contributed by atoms with Crippen molar-refractivity contribution in [2.45, 2.75) is 24.8 Å². The maximum Gasteiger partial charge on any atom is 0.246 e. The lowest BCUT2D eigenvalue weighted by atomic mass is 10.2. The second kappa shape index (κ2) is 5.71. The van der Waals surface area contributed by atoms with E-state index in [4.69, 9.17) is 10.5 Å². The van der Waals surface area contributed by atoms with Gasteiger partial charge in [0, 0.05) is 20.1 Å². The molecule has 2 rings (SSSR count). The first-order valence-corrected chi connectivity index (χ1v) is 8.17. The van der Waals surface area contributed by atoms with E-state index in [0.717, 1.165) is 12.0 Å². The number of nitrogens with two attached hydrogens (primary N) is 1. The minimum absolute atomic E-state index is 0.193. The molecule has 112 valence electrons. The van der Waals surface area contributed by atoms with Crippen molar-refractivity contribution in [3.05, 3.63) is 23.8 Å². The molecule has 0 spiro atoms. The molecule has 6 heteroatoms. The van der Waals surface area contributed by atoms with Gasteiger partial charge in [-0.3, -0.25) is 0 Å². The summed E-state index contributed by atoms with van der Waals surface area (Å²) in [4.78, 5) is 0.193. The maximum absolute atomic E-state index is 12.7. The number of benzene rings is 1. The average molecular weight is 298 g/mol. The number of methoxy groups -OCH3 is 1. The number of hydrogen-bond acceptors (Lipinski definition) is 4. The third-order valence-electron chi connectivity index (χ3n) is 3.92. The van der Waals surface area contributed by atoms with Gasteiger partial charge in [-0.05, 0) is 36.0 Å².